The van der Waals surface area contributed by atoms with Crippen LogP contribution in [0, 0.1) is 6.92 Å². The van der Waals surface area contributed by atoms with E-state index in [4.69, 9.17) is 5.73 Å². The van der Waals surface area contributed by atoms with Crippen molar-refractivity contribution in [2.24, 2.45) is 5.73 Å². The van der Waals surface area contributed by atoms with E-state index < -0.39 is 0 Å². The highest BCUT2D eigenvalue weighted by molar-refractivity contribution is 7.14. The van der Waals surface area contributed by atoms with Gasteiger partial charge in [-0.25, -0.2) is 0 Å². The van der Waals surface area contributed by atoms with Gasteiger partial charge in [-0.15, -0.1) is 10.2 Å². The first-order valence-electron chi connectivity index (χ1n) is 4.39. The number of hydrogen-bond donors (Lipinski definition) is 1. The summed E-state index contributed by atoms with van der Waals surface area (Å²) in [4.78, 5) is 0. The maximum absolute atomic E-state index is 5.48. The van der Waals surface area contributed by atoms with Crippen LogP contribution < -0.4 is 5.73 Å². The second kappa shape index (κ2) is 3.86. The summed E-state index contributed by atoms with van der Waals surface area (Å²) in [6.45, 7) is 2.53. The van der Waals surface area contributed by atoms with Gasteiger partial charge in [0, 0.05) is 12.1 Å². The Labute approximate surface area is 86.6 Å². The molecule has 0 atom stereocenters. The van der Waals surface area contributed by atoms with Crippen LogP contribution in [0.5, 0.6) is 0 Å². The Morgan fingerprint density at radius 2 is 2.21 bits per heavy atom. The highest BCUT2D eigenvalue weighted by Gasteiger charge is 2.04. The van der Waals surface area contributed by atoms with Crippen LogP contribution >= 0.6 is 11.3 Å². The molecule has 0 aliphatic rings. The first kappa shape index (κ1) is 9.30. The summed E-state index contributed by atoms with van der Waals surface area (Å²) in [7, 11) is 0. The third-order valence-electron chi connectivity index (χ3n) is 1.91. The lowest BCUT2D eigenvalue weighted by atomic mass is 10.1. The topological polar surface area (TPSA) is 51.8 Å². The summed E-state index contributed by atoms with van der Waals surface area (Å²) in [5.74, 6) is 0. The lowest BCUT2D eigenvalue weighted by Gasteiger charge is -1.95. The van der Waals surface area contributed by atoms with E-state index in [9.17, 15) is 0 Å². The van der Waals surface area contributed by atoms with Crippen molar-refractivity contribution in [1.29, 1.82) is 0 Å². The molecular weight excluding hydrogens is 194 g/mol. The number of hydrogen-bond acceptors (Lipinski definition) is 4. The highest BCUT2D eigenvalue weighted by atomic mass is 32.1. The number of benzene rings is 1. The first-order valence-corrected chi connectivity index (χ1v) is 5.21. The Balaban J connectivity index is 2.39. The minimum atomic E-state index is 0.462. The summed E-state index contributed by atoms with van der Waals surface area (Å²) >= 11 is 1.55. The number of nitrogens with two attached hydrogens (primary N) is 1. The van der Waals surface area contributed by atoms with Crippen LogP contribution in [0.1, 0.15) is 10.6 Å². The van der Waals surface area contributed by atoms with Gasteiger partial charge in [-0.3, -0.25) is 0 Å². The molecule has 2 N–H and O–H groups in total. The van der Waals surface area contributed by atoms with Gasteiger partial charge in [0.1, 0.15) is 10.0 Å². The SMILES string of the molecule is Cc1cccc(-c2nnc(CN)s2)c1. The smallest absolute Gasteiger partial charge is 0.147 e. The Hall–Kier alpha value is -1.26. The number of aryl methyl sites for hydroxylation is 1. The summed E-state index contributed by atoms with van der Waals surface area (Å²) < 4.78 is 0. The van der Waals surface area contributed by atoms with Crippen molar-refractivity contribution in [1.82, 2.24) is 10.2 Å². The number of rotatable bonds is 2. The summed E-state index contributed by atoms with van der Waals surface area (Å²) in [6.07, 6.45) is 0. The lowest BCUT2D eigenvalue weighted by molar-refractivity contribution is 0.960. The van der Waals surface area contributed by atoms with Gasteiger partial charge in [-0.2, -0.15) is 0 Å². The van der Waals surface area contributed by atoms with E-state index in [1.807, 2.05) is 12.1 Å². The van der Waals surface area contributed by atoms with E-state index in [1.165, 1.54) is 5.56 Å². The molecule has 72 valence electrons. The van der Waals surface area contributed by atoms with Gasteiger partial charge < -0.3 is 5.73 Å². The fourth-order valence-corrected chi connectivity index (χ4v) is 1.95. The van der Waals surface area contributed by atoms with Crippen molar-refractivity contribution >= 4 is 11.3 Å². The molecule has 0 bridgehead atoms. The number of nitrogens with zero attached hydrogens (tertiary/aromatic N) is 2. The molecule has 14 heavy (non-hydrogen) atoms. The molecule has 0 amide bonds. The molecule has 0 saturated carbocycles. The Bertz CT molecular complexity index is 436. The van der Waals surface area contributed by atoms with E-state index in [-0.39, 0.29) is 0 Å². The van der Waals surface area contributed by atoms with Crippen LogP contribution in [0.15, 0.2) is 24.3 Å². The van der Waals surface area contributed by atoms with Crippen LogP contribution in [0.25, 0.3) is 10.6 Å². The highest BCUT2D eigenvalue weighted by Crippen LogP contribution is 2.23. The lowest BCUT2D eigenvalue weighted by Crippen LogP contribution is -1.94. The van der Waals surface area contributed by atoms with Gasteiger partial charge in [0.2, 0.25) is 0 Å². The van der Waals surface area contributed by atoms with Crippen LogP contribution in [0.2, 0.25) is 0 Å². The minimum Gasteiger partial charge on any atom is -0.324 e. The van der Waals surface area contributed by atoms with Gasteiger partial charge >= 0.3 is 0 Å². The predicted octanol–water partition coefficient (Wildman–Crippen LogP) is 1.97. The molecule has 1 aromatic carbocycles. The van der Waals surface area contributed by atoms with Gasteiger partial charge in [-0.05, 0) is 13.0 Å². The summed E-state index contributed by atoms with van der Waals surface area (Å²) in [5.41, 5.74) is 7.82. The van der Waals surface area contributed by atoms with Crippen molar-refractivity contribution in [3.8, 4) is 10.6 Å². The average Bonchev–Trinajstić information content (AvgIpc) is 2.66. The van der Waals surface area contributed by atoms with Gasteiger partial charge in [0.05, 0.1) is 0 Å². The van der Waals surface area contributed by atoms with Gasteiger partial charge in [0.15, 0.2) is 0 Å². The fraction of sp³-hybridized carbons (Fsp3) is 0.200. The van der Waals surface area contributed by atoms with Crippen LogP contribution in [-0.4, -0.2) is 10.2 Å². The molecule has 4 heteroatoms. The molecule has 0 radical (unpaired) electrons. The zero-order chi connectivity index (χ0) is 9.97. The zero-order valence-corrected chi connectivity index (χ0v) is 8.71. The third-order valence-corrected chi connectivity index (χ3v) is 2.90. The normalized spacial score (nSPS) is 10.4. The van der Waals surface area contributed by atoms with Crippen molar-refractivity contribution < 1.29 is 0 Å². The van der Waals surface area contributed by atoms with Crippen molar-refractivity contribution in [2.45, 2.75) is 13.5 Å². The maximum Gasteiger partial charge on any atom is 0.147 e. The molecule has 0 unspecified atom stereocenters. The second-order valence-corrected chi connectivity index (χ2v) is 4.14. The molecule has 2 rings (SSSR count). The largest absolute Gasteiger partial charge is 0.324 e. The molecule has 0 spiro atoms. The molecule has 0 aliphatic heterocycles. The monoisotopic (exact) mass is 205 g/mol. The standard InChI is InChI=1S/C10H11N3S/c1-7-3-2-4-8(5-7)10-13-12-9(6-11)14-10/h2-5H,6,11H2,1H3. The molecule has 0 saturated heterocycles. The molecule has 0 fully saturated rings. The fourth-order valence-electron chi connectivity index (χ4n) is 1.23. The maximum atomic E-state index is 5.48. The van der Waals surface area contributed by atoms with Gasteiger partial charge in [-0.1, -0.05) is 35.1 Å². The summed E-state index contributed by atoms with van der Waals surface area (Å²) in [6, 6.07) is 8.22. The van der Waals surface area contributed by atoms with E-state index in [0.29, 0.717) is 6.54 Å². The van der Waals surface area contributed by atoms with E-state index in [2.05, 4.69) is 29.3 Å². The quantitative estimate of drug-likeness (QED) is 0.815. The molecule has 2 aromatic rings. The molecule has 1 aromatic heterocycles. The number of aromatic nitrogens is 2. The van der Waals surface area contributed by atoms with Crippen LogP contribution in [-0.2, 0) is 6.54 Å². The summed E-state index contributed by atoms with van der Waals surface area (Å²) in [5, 5.41) is 9.89. The van der Waals surface area contributed by atoms with Gasteiger partial charge in [0.25, 0.3) is 0 Å². The predicted molar refractivity (Wildman–Crippen MR) is 58.0 cm³/mol. The Morgan fingerprint density at radius 3 is 2.86 bits per heavy atom. The third kappa shape index (κ3) is 1.81. The Kier molecular flexibility index (Phi) is 2.56. The van der Waals surface area contributed by atoms with Crippen molar-refractivity contribution in [2.75, 3.05) is 0 Å². The van der Waals surface area contributed by atoms with E-state index in [0.717, 1.165) is 15.6 Å². The molecular formula is C10H11N3S. The molecule has 0 aliphatic carbocycles. The molecule has 1 heterocycles. The van der Waals surface area contributed by atoms with Crippen LogP contribution in [0.4, 0.5) is 0 Å². The minimum absolute atomic E-state index is 0.462. The van der Waals surface area contributed by atoms with Crippen LogP contribution in [0.3, 0.4) is 0 Å². The van der Waals surface area contributed by atoms with E-state index >= 15 is 0 Å². The molecule has 3 nitrogen and oxygen atoms in total. The second-order valence-electron chi connectivity index (χ2n) is 3.07. The Morgan fingerprint density at radius 1 is 1.36 bits per heavy atom. The average molecular weight is 205 g/mol. The van der Waals surface area contributed by atoms with Crippen molar-refractivity contribution in [3.63, 3.8) is 0 Å². The first-order chi connectivity index (χ1) is 6.79. The van der Waals surface area contributed by atoms with E-state index in [1.54, 1.807) is 11.3 Å². The van der Waals surface area contributed by atoms with Crippen molar-refractivity contribution in [3.05, 3.63) is 34.8 Å². The zero-order valence-electron chi connectivity index (χ0n) is 7.90.